The second-order valence-corrected chi connectivity index (χ2v) is 6.39. The molecule has 0 unspecified atom stereocenters. The van der Waals surface area contributed by atoms with E-state index in [1.54, 1.807) is 10.6 Å². The van der Waals surface area contributed by atoms with Crippen LogP contribution in [0.1, 0.15) is 12.5 Å². The number of fused-ring (bicyclic) bond motifs is 1. The van der Waals surface area contributed by atoms with Gasteiger partial charge in [-0.1, -0.05) is 29.5 Å². The summed E-state index contributed by atoms with van der Waals surface area (Å²) in [6.07, 6.45) is 0. The van der Waals surface area contributed by atoms with Crippen LogP contribution in [-0.4, -0.2) is 17.1 Å². The summed E-state index contributed by atoms with van der Waals surface area (Å²) in [5, 5.41) is 2.80. The van der Waals surface area contributed by atoms with Crippen LogP contribution >= 0.6 is 11.3 Å². The van der Waals surface area contributed by atoms with Gasteiger partial charge < -0.3 is 10.1 Å². The van der Waals surface area contributed by atoms with E-state index in [2.05, 4.69) is 5.32 Å². The quantitative estimate of drug-likeness (QED) is 0.773. The summed E-state index contributed by atoms with van der Waals surface area (Å²) in [6.45, 7) is 4.44. The van der Waals surface area contributed by atoms with Gasteiger partial charge in [-0.2, -0.15) is 0 Å². The minimum Gasteiger partial charge on any atom is -0.483 e. The second kappa shape index (κ2) is 6.88. The number of anilines is 1. The van der Waals surface area contributed by atoms with Gasteiger partial charge in [0, 0.05) is 12.2 Å². The van der Waals surface area contributed by atoms with Crippen molar-refractivity contribution in [3.63, 3.8) is 0 Å². The van der Waals surface area contributed by atoms with Crippen molar-refractivity contribution >= 4 is 33.1 Å². The first-order valence-corrected chi connectivity index (χ1v) is 8.52. The topological polar surface area (TPSA) is 60.3 Å². The number of thiazole rings is 1. The summed E-state index contributed by atoms with van der Waals surface area (Å²) in [7, 11) is 0. The molecule has 2 aromatic carbocycles. The number of aryl methyl sites for hydroxylation is 2. The van der Waals surface area contributed by atoms with E-state index in [0.717, 1.165) is 15.8 Å². The van der Waals surface area contributed by atoms with Crippen molar-refractivity contribution in [3.05, 3.63) is 57.7 Å². The van der Waals surface area contributed by atoms with Gasteiger partial charge in [-0.15, -0.1) is 0 Å². The number of benzene rings is 2. The Bertz CT molecular complexity index is 943. The van der Waals surface area contributed by atoms with Crippen molar-refractivity contribution in [2.75, 3.05) is 11.9 Å². The molecule has 0 atom stereocenters. The predicted octanol–water partition coefficient (Wildman–Crippen LogP) is 3.41. The first kappa shape index (κ1) is 16.3. The second-order valence-electron chi connectivity index (χ2n) is 5.40. The Morgan fingerprint density at radius 3 is 2.79 bits per heavy atom. The highest BCUT2D eigenvalue weighted by atomic mass is 32.1. The van der Waals surface area contributed by atoms with Crippen molar-refractivity contribution in [2.24, 2.45) is 0 Å². The van der Waals surface area contributed by atoms with Crippen molar-refractivity contribution in [1.82, 2.24) is 4.57 Å². The first-order valence-electron chi connectivity index (χ1n) is 7.70. The van der Waals surface area contributed by atoms with Crippen LogP contribution in [0.4, 0.5) is 5.69 Å². The smallest absolute Gasteiger partial charge is 0.308 e. The van der Waals surface area contributed by atoms with Gasteiger partial charge in [-0.25, -0.2) is 0 Å². The number of rotatable bonds is 5. The number of nitrogens with zero attached hydrogens (tertiary/aromatic N) is 1. The Kier molecular flexibility index (Phi) is 4.66. The van der Waals surface area contributed by atoms with Crippen molar-refractivity contribution in [2.45, 2.75) is 20.4 Å². The number of aromatic nitrogens is 1. The van der Waals surface area contributed by atoms with Crippen molar-refractivity contribution < 1.29 is 9.53 Å². The zero-order valence-corrected chi connectivity index (χ0v) is 14.4. The molecular weight excluding hydrogens is 324 g/mol. The standard InChI is InChI=1S/C18H18N2O3S/c1-3-20-14-9-8-13(10-16(14)24-18(20)22)19-17(21)11-23-15-7-5-4-6-12(15)2/h4-10H,3,11H2,1-2H3,(H,19,21). The molecule has 0 bridgehead atoms. The Balaban J connectivity index is 1.69. The third-order valence-electron chi connectivity index (χ3n) is 3.72. The Labute approximate surface area is 143 Å². The van der Waals surface area contributed by atoms with Crippen molar-refractivity contribution in [3.8, 4) is 5.75 Å². The highest BCUT2D eigenvalue weighted by Crippen LogP contribution is 2.22. The van der Waals surface area contributed by atoms with Crippen LogP contribution in [0.25, 0.3) is 10.2 Å². The molecule has 3 rings (SSSR count). The fourth-order valence-electron chi connectivity index (χ4n) is 2.50. The number of carbonyl (C=O) groups is 1. The third-order valence-corrected chi connectivity index (χ3v) is 4.66. The molecule has 124 valence electrons. The molecule has 6 heteroatoms. The number of carbonyl (C=O) groups excluding carboxylic acids is 1. The van der Waals surface area contributed by atoms with Crippen molar-refractivity contribution in [1.29, 1.82) is 0 Å². The number of hydrogen-bond acceptors (Lipinski definition) is 4. The monoisotopic (exact) mass is 342 g/mol. The lowest BCUT2D eigenvalue weighted by Gasteiger charge is -2.09. The summed E-state index contributed by atoms with van der Waals surface area (Å²) in [6, 6.07) is 13.0. The number of para-hydroxylation sites is 1. The lowest BCUT2D eigenvalue weighted by atomic mass is 10.2. The van der Waals surface area contributed by atoms with Gasteiger partial charge in [0.1, 0.15) is 5.75 Å². The maximum Gasteiger partial charge on any atom is 0.308 e. The number of amides is 1. The highest BCUT2D eigenvalue weighted by Gasteiger charge is 2.09. The molecule has 5 nitrogen and oxygen atoms in total. The van der Waals surface area contributed by atoms with Gasteiger partial charge in [-0.05, 0) is 43.7 Å². The molecule has 0 aliphatic heterocycles. The molecule has 1 aromatic heterocycles. The van der Waals surface area contributed by atoms with Crippen LogP contribution in [0.5, 0.6) is 5.75 Å². The molecule has 1 N–H and O–H groups in total. The van der Waals surface area contributed by atoms with E-state index in [1.165, 1.54) is 11.3 Å². The molecule has 0 aliphatic carbocycles. The lowest BCUT2D eigenvalue weighted by molar-refractivity contribution is -0.118. The zero-order chi connectivity index (χ0) is 17.1. The van der Waals surface area contributed by atoms with Crippen LogP contribution in [0, 0.1) is 6.92 Å². The van der Waals surface area contributed by atoms with Gasteiger partial charge in [0.05, 0.1) is 10.2 Å². The van der Waals surface area contributed by atoms with Gasteiger partial charge >= 0.3 is 4.87 Å². The summed E-state index contributed by atoms with van der Waals surface area (Å²) in [5.41, 5.74) is 2.53. The summed E-state index contributed by atoms with van der Waals surface area (Å²) in [5.74, 6) is 0.459. The van der Waals surface area contributed by atoms with Gasteiger partial charge in [0.2, 0.25) is 0 Å². The van der Waals surface area contributed by atoms with E-state index in [0.29, 0.717) is 18.0 Å². The molecule has 1 amide bonds. The van der Waals surface area contributed by atoms with Gasteiger partial charge in [0.25, 0.3) is 5.91 Å². The maximum atomic E-state index is 12.1. The minimum absolute atomic E-state index is 0.0128. The minimum atomic E-state index is -0.236. The van der Waals surface area contributed by atoms with E-state index in [4.69, 9.17) is 4.74 Å². The summed E-state index contributed by atoms with van der Waals surface area (Å²) < 4.78 is 8.11. The average molecular weight is 342 g/mol. The molecule has 24 heavy (non-hydrogen) atoms. The number of nitrogens with one attached hydrogen (secondary N) is 1. The molecule has 3 aromatic rings. The molecule has 0 aliphatic rings. The number of ether oxygens (including phenoxy) is 1. The first-order chi connectivity index (χ1) is 11.6. The van der Waals surface area contributed by atoms with Crippen LogP contribution in [-0.2, 0) is 11.3 Å². The molecular formula is C18H18N2O3S. The molecule has 0 saturated heterocycles. The summed E-state index contributed by atoms with van der Waals surface area (Å²) >= 11 is 1.18. The molecule has 1 heterocycles. The van der Waals surface area contributed by atoms with Gasteiger partial charge in [-0.3, -0.25) is 14.2 Å². The van der Waals surface area contributed by atoms with Crippen LogP contribution in [0.2, 0.25) is 0 Å². The van der Waals surface area contributed by atoms with E-state index >= 15 is 0 Å². The maximum absolute atomic E-state index is 12.1. The van der Waals surface area contributed by atoms with E-state index in [9.17, 15) is 9.59 Å². The SMILES string of the molecule is CCn1c(=O)sc2cc(NC(=O)COc3ccccc3C)ccc21. The molecule has 0 fully saturated rings. The third kappa shape index (κ3) is 3.33. The Hall–Kier alpha value is -2.60. The fourth-order valence-corrected chi connectivity index (χ4v) is 3.50. The Morgan fingerprint density at radius 2 is 2.04 bits per heavy atom. The highest BCUT2D eigenvalue weighted by molar-refractivity contribution is 7.16. The fraction of sp³-hybridized carbons (Fsp3) is 0.222. The number of hydrogen-bond donors (Lipinski definition) is 1. The normalized spacial score (nSPS) is 10.8. The van der Waals surface area contributed by atoms with E-state index in [-0.39, 0.29) is 17.4 Å². The van der Waals surface area contributed by atoms with Crippen LogP contribution in [0.15, 0.2) is 47.3 Å². The molecule has 0 saturated carbocycles. The largest absolute Gasteiger partial charge is 0.483 e. The van der Waals surface area contributed by atoms with Crippen LogP contribution in [0.3, 0.4) is 0 Å². The predicted molar refractivity (Wildman–Crippen MR) is 97.1 cm³/mol. The van der Waals surface area contributed by atoms with Gasteiger partial charge in [0.15, 0.2) is 6.61 Å². The van der Waals surface area contributed by atoms with Crippen LogP contribution < -0.4 is 14.9 Å². The van der Waals surface area contributed by atoms with E-state index < -0.39 is 0 Å². The Morgan fingerprint density at radius 1 is 1.25 bits per heavy atom. The van der Waals surface area contributed by atoms with E-state index in [1.807, 2.05) is 50.2 Å². The molecule has 0 spiro atoms. The zero-order valence-electron chi connectivity index (χ0n) is 13.5. The average Bonchev–Trinajstić information content (AvgIpc) is 2.88. The summed E-state index contributed by atoms with van der Waals surface area (Å²) in [4.78, 5) is 23.9. The lowest BCUT2D eigenvalue weighted by Crippen LogP contribution is -2.20. The molecule has 0 radical (unpaired) electrons.